The second-order valence-electron chi connectivity index (χ2n) is 1.61. The van der Waals surface area contributed by atoms with Crippen molar-refractivity contribution in [1.29, 1.82) is 0 Å². The Morgan fingerprint density at radius 1 is 0.818 bits per heavy atom. The van der Waals surface area contributed by atoms with E-state index in [2.05, 4.69) is 13.0 Å². The van der Waals surface area contributed by atoms with Crippen molar-refractivity contribution in [3.63, 3.8) is 0 Å². The highest BCUT2D eigenvalue weighted by atomic mass is 28.5. The molecule has 0 saturated heterocycles. The van der Waals surface area contributed by atoms with E-state index in [-0.39, 0.29) is 0 Å². The SMILES string of the molecule is CO[Si](O)(O)O[Si](O)(O)OC. The van der Waals surface area contributed by atoms with Crippen LogP contribution in [0.3, 0.4) is 0 Å². The van der Waals surface area contributed by atoms with Crippen LogP contribution in [0.1, 0.15) is 0 Å². The third kappa shape index (κ3) is 4.57. The molecule has 0 aromatic heterocycles. The van der Waals surface area contributed by atoms with Crippen LogP contribution in [0, 0.1) is 0 Å². The highest BCUT2D eigenvalue weighted by Gasteiger charge is 2.49. The minimum absolute atomic E-state index is 0.965. The van der Waals surface area contributed by atoms with E-state index >= 15 is 0 Å². The lowest BCUT2D eigenvalue weighted by molar-refractivity contribution is 0.0156. The molecular weight excluding hydrogens is 192 g/mol. The third-order valence-electron chi connectivity index (χ3n) is 0.798. The Morgan fingerprint density at radius 2 is 1.09 bits per heavy atom. The summed E-state index contributed by atoms with van der Waals surface area (Å²) in [5, 5.41) is 0. The Kier molecular flexibility index (Phi) is 3.76. The van der Waals surface area contributed by atoms with Gasteiger partial charge < -0.3 is 32.1 Å². The molecule has 0 fully saturated rings. The van der Waals surface area contributed by atoms with E-state index in [0.29, 0.717) is 0 Å². The molecule has 0 radical (unpaired) electrons. The summed E-state index contributed by atoms with van der Waals surface area (Å²) in [4.78, 5) is 34.7. The molecule has 0 aliphatic heterocycles. The molecule has 0 saturated carbocycles. The molecular formula is C2H10O7Si2. The largest absolute Gasteiger partial charge is 0.668 e. The van der Waals surface area contributed by atoms with E-state index in [1.54, 1.807) is 0 Å². The summed E-state index contributed by atoms with van der Waals surface area (Å²) in [6.45, 7) is 0. The van der Waals surface area contributed by atoms with Crippen LogP contribution in [0.2, 0.25) is 0 Å². The molecule has 0 unspecified atom stereocenters. The second kappa shape index (κ2) is 3.70. The smallest absolute Gasteiger partial charge is 0.368 e. The van der Waals surface area contributed by atoms with Gasteiger partial charge in [-0.05, 0) is 0 Å². The van der Waals surface area contributed by atoms with Crippen LogP contribution < -0.4 is 0 Å². The average molecular weight is 202 g/mol. The third-order valence-corrected chi connectivity index (χ3v) is 3.99. The molecule has 0 spiro atoms. The van der Waals surface area contributed by atoms with Crippen molar-refractivity contribution in [1.82, 2.24) is 0 Å². The lowest BCUT2D eigenvalue weighted by Crippen LogP contribution is -2.55. The van der Waals surface area contributed by atoms with Gasteiger partial charge in [0.15, 0.2) is 0 Å². The molecule has 0 bridgehead atoms. The van der Waals surface area contributed by atoms with Crippen molar-refractivity contribution < 1.29 is 32.1 Å². The summed E-state index contributed by atoms with van der Waals surface area (Å²) < 4.78 is 12.1. The first kappa shape index (κ1) is 11.2. The van der Waals surface area contributed by atoms with Gasteiger partial charge in [-0.15, -0.1) is 0 Å². The maximum atomic E-state index is 8.67. The van der Waals surface area contributed by atoms with Gasteiger partial charge in [0, 0.05) is 14.2 Å². The van der Waals surface area contributed by atoms with E-state index < -0.39 is 18.1 Å². The van der Waals surface area contributed by atoms with Crippen molar-refractivity contribution in [2.24, 2.45) is 0 Å². The quantitative estimate of drug-likeness (QED) is 0.363. The average Bonchev–Trinajstić information content (AvgIpc) is 1.86. The molecule has 0 aliphatic rings. The summed E-state index contributed by atoms with van der Waals surface area (Å²) >= 11 is 0. The van der Waals surface area contributed by atoms with Gasteiger partial charge in [0.1, 0.15) is 0 Å². The fraction of sp³-hybridized carbons (Fsp3) is 1.00. The molecule has 7 nitrogen and oxygen atoms in total. The Balaban J connectivity index is 4.02. The molecule has 0 rings (SSSR count). The first-order valence-corrected chi connectivity index (χ1v) is 5.95. The molecule has 68 valence electrons. The zero-order valence-electron chi connectivity index (χ0n) is 6.01. The van der Waals surface area contributed by atoms with Crippen molar-refractivity contribution in [3.05, 3.63) is 0 Å². The molecule has 0 aromatic carbocycles. The summed E-state index contributed by atoms with van der Waals surface area (Å²) in [5.74, 6) is 0. The predicted molar refractivity (Wildman–Crippen MR) is 35.5 cm³/mol. The van der Waals surface area contributed by atoms with Crippen LogP contribution in [0.15, 0.2) is 0 Å². The Hall–Kier alpha value is 0.154. The van der Waals surface area contributed by atoms with E-state index in [1.807, 2.05) is 0 Å². The van der Waals surface area contributed by atoms with Gasteiger partial charge in [-0.2, -0.15) is 0 Å². The topological polar surface area (TPSA) is 109 Å². The fourth-order valence-electron chi connectivity index (χ4n) is 0.257. The van der Waals surface area contributed by atoms with E-state index in [0.717, 1.165) is 14.2 Å². The van der Waals surface area contributed by atoms with Crippen molar-refractivity contribution in [2.75, 3.05) is 14.2 Å². The molecule has 0 atom stereocenters. The highest BCUT2D eigenvalue weighted by molar-refractivity contribution is 6.65. The van der Waals surface area contributed by atoms with E-state index in [1.165, 1.54) is 0 Å². The zero-order valence-corrected chi connectivity index (χ0v) is 8.01. The first-order chi connectivity index (χ1) is 4.83. The lowest BCUT2D eigenvalue weighted by Gasteiger charge is -2.20. The van der Waals surface area contributed by atoms with Crippen LogP contribution in [0.25, 0.3) is 0 Å². The van der Waals surface area contributed by atoms with Crippen molar-refractivity contribution in [3.8, 4) is 0 Å². The van der Waals surface area contributed by atoms with E-state index in [9.17, 15) is 0 Å². The minimum atomic E-state index is -4.40. The van der Waals surface area contributed by atoms with Gasteiger partial charge in [0.2, 0.25) is 0 Å². The number of rotatable bonds is 4. The lowest BCUT2D eigenvalue weighted by atomic mass is 11.8. The van der Waals surface area contributed by atoms with Crippen LogP contribution in [-0.4, -0.2) is 51.5 Å². The second-order valence-corrected chi connectivity index (χ2v) is 5.43. The summed E-state index contributed by atoms with van der Waals surface area (Å²) in [7, 11) is -6.86. The normalized spacial score (nSPS) is 13.6. The Morgan fingerprint density at radius 3 is 1.27 bits per heavy atom. The maximum Gasteiger partial charge on any atom is 0.668 e. The van der Waals surface area contributed by atoms with Crippen molar-refractivity contribution in [2.45, 2.75) is 0 Å². The summed E-state index contributed by atoms with van der Waals surface area (Å²) in [5.41, 5.74) is 0. The molecule has 9 heteroatoms. The van der Waals surface area contributed by atoms with Gasteiger partial charge in [0.05, 0.1) is 0 Å². The van der Waals surface area contributed by atoms with Crippen LogP contribution in [-0.2, 0) is 13.0 Å². The molecule has 0 aromatic rings. The monoisotopic (exact) mass is 202 g/mol. The van der Waals surface area contributed by atoms with Gasteiger partial charge in [-0.1, -0.05) is 0 Å². The van der Waals surface area contributed by atoms with Gasteiger partial charge >= 0.3 is 18.1 Å². The molecule has 0 aliphatic carbocycles. The minimum Gasteiger partial charge on any atom is -0.368 e. The first-order valence-electron chi connectivity index (χ1n) is 2.53. The summed E-state index contributed by atoms with van der Waals surface area (Å²) in [6, 6.07) is 0. The van der Waals surface area contributed by atoms with Crippen LogP contribution in [0.4, 0.5) is 0 Å². The molecule has 0 amide bonds. The van der Waals surface area contributed by atoms with Crippen LogP contribution >= 0.6 is 0 Å². The van der Waals surface area contributed by atoms with Gasteiger partial charge in [0.25, 0.3) is 0 Å². The van der Waals surface area contributed by atoms with E-state index in [4.69, 9.17) is 19.2 Å². The Bertz CT molecular complexity index is 110. The van der Waals surface area contributed by atoms with Gasteiger partial charge in [-0.25, -0.2) is 0 Å². The summed E-state index contributed by atoms with van der Waals surface area (Å²) in [6.07, 6.45) is 0. The maximum absolute atomic E-state index is 8.67. The van der Waals surface area contributed by atoms with Crippen LogP contribution in [0.5, 0.6) is 0 Å². The molecule has 11 heavy (non-hydrogen) atoms. The standard InChI is InChI=1S/C2H10O7Si2/c1-7-10(3,4)9-11(5,6)8-2/h3-6H,1-2H3. The van der Waals surface area contributed by atoms with Crippen molar-refractivity contribution >= 4 is 18.1 Å². The fourth-order valence-corrected chi connectivity index (χ4v) is 2.31. The molecule has 0 heterocycles. The molecule has 4 N–H and O–H groups in total. The zero-order chi connectivity index (χ0) is 9.12. The number of hydrogen-bond donors (Lipinski definition) is 4. The number of hydrogen-bond acceptors (Lipinski definition) is 7. The Labute approximate surface area is 65.4 Å². The van der Waals surface area contributed by atoms with Gasteiger partial charge in [-0.3, -0.25) is 0 Å². The highest BCUT2D eigenvalue weighted by Crippen LogP contribution is 2.04. The predicted octanol–water partition coefficient (Wildman–Crippen LogP) is -2.86.